The first-order chi connectivity index (χ1) is 9.97. The second-order valence-electron chi connectivity index (χ2n) is 4.69. The highest BCUT2D eigenvalue weighted by atomic mass is 32.2. The van der Waals surface area contributed by atoms with Gasteiger partial charge in [0.2, 0.25) is 10.0 Å². The number of benzene rings is 1. The monoisotopic (exact) mass is 314 g/mol. The average molecular weight is 314 g/mol. The fraction of sp³-hybridized carbons (Fsp3) is 0.467. The molecule has 0 bridgehead atoms. The number of hydrogen-bond donors (Lipinski definition) is 1. The van der Waals surface area contributed by atoms with E-state index in [0.717, 1.165) is 18.5 Å². The molecular formula is C15H23FN2O2S. The van der Waals surface area contributed by atoms with Crippen molar-refractivity contribution < 1.29 is 12.8 Å². The lowest BCUT2D eigenvalue weighted by molar-refractivity contribution is 0.453. The van der Waals surface area contributed by atoms with Gasteiger partial charge in [0.1, 0.15) is 10.7 Å². The third-order valence-corrected chi connectivity index (χ3v) is 5.01. The molecule has 0 atom stereocenters. The van der Waals surface area contributed by atoms with E-state index in [1.807, 2.05) is 6.92 Å². The van der Waals surface area contributed by atoms with Gasteiger partial charge in [-0.05, 0) is 30.7 Å². The molecule has 1 rings (SSSR count). The molecule has 0 saturated heterocycles. The molecule has 0 aliphatic carbocycles. The van der Waals surface area contributed by atoms with Crippen molar-refractivity contribution in [2.45, 2.75) is 31.7 Å². The summed E-state index contributed by atoms with van der Waals surface area (Å²) in [6, 6.07) is 4.21. The summed E-state index contributed by atoms with van der Waals surface area (Å²) in [4.78, 5) is -0.276. The van der Waals surface area contributed by atoms with E-state index < -0.39 is 15.8 Å². The van der Waals surface area contributed by atoms with Crippen LogP contribution in [0.25, 0.3) is 0 Å². The first-order valence-corrected chi connectivity index (χ1v) is 8.51. The molecule has 0 unspecified atom stereocenters. The van der Waals surface area contributed by atoms with Gasteiger partial charge in [-0.2, -0.15) is 4.31 Å². The Morgan fingerprint density at radius 3 is 2.67 bits per heavy atom. The molecule has 0 aliphatic rings. The summed E-state index contributed by atoms with van der Waals surface area (Å²) in [6.07, 6.45) is 2.47. The summed E-state index contributed by atoms with van der Waals surface area (Å²) in [5.74, 6) is -0.725. The minimum atomic E-state index is -3.84. The number of hydrogen-bond acceptors (Lipinski definition) is 3. The predicted molar refractivity (Wildman–Crippen MR) is 83.0 cm³/mol. The van der Waals surface area contributed by atoms with Gasteiger partial charge in [-0.1, -0.05) is 26.0 Å². The summed E-state index contributed by atoms with van der Waals surface area (Å²) in [7, 11) is -3.84. The van der Waals surface area contributed by atoms with Gasteiger partial charge in [0, 0.05) is 19.6 Å². The maximum atomic E-state index is 13.9. The van der Waals surface area contributed by atoms with E-state index in [4.69, 9.17) is 0 Å². The van der Waals surface area contributed by atoms with Crippen LogP contribution in [0.3, 0.4) is 0 Å². The van der Waals surface area contributed by atoms with Gasteiger partial charge in [-0.15, -0.1) is 6.58 Å². The van der Waals surface area contributed by atoms with Crippen LogP contribution in [0.2, 0.25) is 0 Å². The van der Waals surface area contributed by atoms with Crippen molar-refractivity contribution in [2.75, 3.05) is 19.6 Å². The Labute approximate surface area is 126 Å². The zero-order valence-electron chi connectivity index (χ0n) is 12.6. The Balaban J connectivity index is 3.09. The molecule has 6 heteroatoms. The van der Waals surface area contributed by atoms with E-state index in [-0.39, 0.29) is 18.0 Å². The van der Waals surface area contributed by atoms with Crippen LogP contribution in [0.4, 0.5) is 4.39 Å². The van der Waals surface area contributed by atoms with Gasteiger partial charge in [0.05, 0.1) is 0 Å². The molecule has 0 fully saturated rings. The van der Waals surface area contributed by atoms with Gasteiger partial charge >= 0.3 is 0 Å². The summed E-state index contributed by atoms with van der Waals surface area (Å²) in [5.41, 5.74) is 0.748. The zero-order chi connectivity index (χ0) is 15.9. The van der Waals surface area contributed by atoms with Gasteiger partial charge < -0.3 is 5.32 Å². The van der Waals surface area contributed by atoms with Crippen molar-refractivity contribution in [3.63, 3.8) is 0 Å². The summed E-state index contributed by atoms with van der Waals surface area (Å²) < 4.78 is 40.1. The first-order valence-electron chi connectivity index (χ1n) is 7.07. The molecule has 0 aliphatic heterocycles. The molecule has 0 amide bonds. The Morgan fingerprint density at radius 2 is 2.10 bits per heavy atom. The van der Waals surface area contributed by atoms with Gasteiger partial charge in [-0.3, -0.25) is 0 Å². The fourth-order valence-electron chi connectivity index (χ4n) is 1.95. The summed E-state index contributed by atoms with van der Waals surface area (Å²) in [6.45, 7) is 9.07. The van der Waals surface area contributed by atoms with Crippen molar-refractivity contribution >= 4 is 10.0 Å². The van der Waals surface area contributed by atoms with Crippen LogP contribution in [0.5, 0.6) is 0 Å². The van der Waals surface area contributed by atoms with Crippen LogP contribution in [-0.2, 0) is 16.6 Å². The van der Waals surface area contributed by atoms with Crippen LogP contribution < -0.4 is 5.32 Å². The Kier molecular flexibility index (Phi) is 7.01. The SMILES string of the molecule is C=CCN(CC)S(=O)(=O)c1cc(CNCCC)ccc1F. The van der Waals surface area contributed by atoms with Crippen LogP contribution in [0, 0.1) is 5.82 Å². The van der Waals surface area contributed by atoms with E-state index in [9.17, 15) is 12.8 Å². The van der Waals surface area contributed by atoms with Crippen molar-refractivity contribution in [2.24, 2.45) is 0 Å². The number of rotatable bonds is 9. The lowest BCUT2D eigenvalue weighted by Gasteiger charge is -2.19. The predicted octanol–water partition coefficient (Wildman–Crippen LogP) is 2.52. The van der Waals surface area contributed by atoms with Crippen LogP contribution in [-0.4, -0.2) is 32.4 Å². The van der Waals surface area contributed by atoms with Gasteiger partial charge in [0.25, 0.3) is 0 Å². The molecule has 118 valence electrons. The minimum absolute atomic E-state index is 0.163. The van der Waals surface area contributed by atoms with Crippen molar-refractivity contribution in [1.82, 2.24) is 9.62 Å². The lowest BCUT2D eigenvalue weighted by Crippen LogP contribution is -2.31. The Morgan fingerprint density at radius 1 is 1.38 bits per heavy atom. The third kappa shape index (κ3) is 4.62. The Hall–Kier alpha value is -1.24. The van der Waals surface area contributed by atoms with E-state index in [1.165, 1.54) is 22.5 Å². The molecule has 0 radical (unpaired) electrons. The highest BCUT2D eigenvalue weighted by molar-refractivity contribution is 7.89. The molecule has 1 N–H and O–H groups in total. The van der Waals surface area contributed by atoms with Crippen LogP contribution in [0.15, 0.2) is 35.7 Å². The van der Waals surface area contributed by atoms with E-state index >= 15 is 0 Å². The number of sulfonamides is 1. The highest BCUT2D eigenvalue weighted by Crippen LogP contribution is 2.21. The molecule has 0 aromatic heterocycles. The van der Waals surface area contributed by atoms with Crippen LogP contribution >= 0.6 is 0 Å². The van der Waals surface area contributed by atoms with Crippen molar-refractivity contribution in [3.8, 4) is 0 Å². The van der Waals surface area contributed by atoms with E-state index in [1.54, 1.807) is 13.0 Å². The van der Waals surface area contributed by atoms with Gasteiger partial charge in [-0.25, -0.2) is 12.8 Å². The molecule has 0 saturated carbocycles. The zero-order valence-corrected chi connectivity index (χ0v) is 13.4. The first kappa shape index (κ1) is 17.8. The van der Waals surface area contributed by atoms with Crippen LogP contribution in [0.1, 0.15) is 25.8 Å². The maximum Gasteiger partial charge on any atom is 0.246 e. The fourth-order valence-corrected chi connectivity index (χ4v) is 3.48. The molecule has 1 aromatic carbocycles. The normalized spacial score (nSPS) is 11.8. The lowest BCUT2D eigenvalue weighted by atomic mass is 10.2. The average Bonchev–Trinajstić information content (AvgIpc) is 2.46. The highest BCUT2D eigenvalue weighted by Gasteiger charge is 2.25. The Bertz CT molecular complexity index is 573. The minimum Gasteiger partial charge on any atom is -0.313 e. The topological polar surface area (TPSA) is 49.4 Å². The molecule has 21 heavy (non-hydrogen) atoms. The second kappa shape index (κ2) is 8.26. The molecule has 0 heterocycles. The molecule has 1 aromatic rings. The summed E-state index contributed by atoms with van der Waals surface area (Å²) in [5, 5.41) is 3.17. The molecule has 0 spiro atoms. The third-order valence-electron chi connectivity index (χ3n) is 3.05. The quantitative estimate of drug-likeness (QED) is 0.563. The smallest absolute Gasteiger partial charge is 0.246 e. The summed E-state index contributed by atoms with van der Waals surface area (Å²) >= 11 is 0. The number of likely N-dealkylation sites (N-methyl/N-ethyl adjacent to an activating group) is 1. The number of nitrogens with zero attached hydrogens (tertiary/aromatic N) is 1. The van der Waals surface area contributed by atoms with Gasteiger partial charge in [0.15, 0.2) is 0 Å². The largest absolute Gasteiger partial charge is 0.313 e. The van der Waals surface area contributed by atoms with Crippen molar-refractivity contribution in [1.29, 1.82) is 0 Å². The van der Waals surface area contributed by atoms with Crippen molar-refractivity contribution in [3.05, 3.63) is 42.2 Å². The van der Waals surface area contributed by atoms with E-state index in [0.29, 0.717) is 6.54 Å². The second-order valence-corrected chi connectivity index (χ2v) is 6.59. The maximum absolute atomic E-state index is 13.9. The number of nitrogens with one attached hydrogen (secondary N) is 1. The standard InChI is InChI=1S/C15H23FN2O2S/c1-4-9-17-12-13-7-8-14(16)15(11-13)21(19,20)18(6-3)10-5-2/h5,7-8,11,17H,2,4,6,9-10,12H2,1,3H3. The van der Waals surface area contributed by atoms with E-state index in [2.05, 4.69) is 11.9 Å². The molecule has 4 nitrogen and oxygen atoms in total. The molecular weight excluding hydrogens is 291 g/mol. The number of halogens is 1.